The van der Waals surface area contributed by atoms with Gasteiger partial charge in [-0.3, -0.25) is 9.59 Å². The van der Waals surface area contributed by atoms with Crippen LogP contribution in [-0.2, 0) is 11.3 Å². The van der Waals surface area contributed by atoms with E-state index >= 15 is 0 Å². The molecule has 5 nitrogen and oxygen atoms in total. The summed E-state index contributed by atoms with van der Waals surface area (Å²) in [7, 11) is 0. The van der Waals surface area contributed by atoms with Gasteiger partial charge in [-0.25, -0.2) is 0 Å². The fraction of sp³-hybridized carbons (Fsp3) is 0.0435. The third-order valence-corrected chi connectivity index (χ3v) is 4.80. The number of fused-ring (bicyclic) bond motifs is 1. The fourth-order valence-electron chi connectivity index (χ4n) is 2.92. The van der Waals surface area contributed by atoms with Crippen LogP contribution < -0.4 is 15.4 Å². The van der Waals surface area contributed by atoms with Crippen molar-refractivity contribution in [3.63, 3.8) is 0 Å². The third-order valence-electron chi connectivity index (χ3n) is 4.43. The Morgan fingerprint density at radius 3 is 2.59 bits per heavy atom. The summed E-state index contributed by atoms with van der Waals surface area (Å²) < 4.78 is 5.73. The minimum Gasteiger partial charge on any atom is -0.449 e. The van der Waals surface area contributed by atoms with E-state index in [0.29, 0.717) is 28.6 Å². The molecule has 0 atom stereocenters. The average Bonchev–Trinajstić information content (AvgIpc) is 2.74. The van der Waals surface area contributed by atoms with E-state index in [9.17, 15) is 9.59 Å². The molecule has 0 saturated carbocycles. The molecule has 0 unspecified atom stereocenters. The Kier molecular flexibility index (Phi) is 5.31. The molecule has 3 aromatic carbocycles. The Labute approximate surface area is 173 Å². The number of hydrogen-bond acceptors (Lipinski definition) is 3. The van der Waals surface area contributed by atoms with Gasteiger partial charge in [0.25, 0.3) is 11.8 Å². The van der Waals surface area contributed by atoms with Crippen molar-refractivity contribution in [1.82, 2.24) is 5.32 Å². The molecule has 0 aliphatic carbocycles. The molecule has 0 saturated heterocycles. The van der Waals surface area contributed by atoms with Gasteiger partial charge in [-0.05, 0) is 41.5 Å². The molecule has 29 heavy (non-hydrogen) atoms. The van der Waals surface area contributed by atoms with Gasteiger partial charge in [0.2, 0.25) is 0 Å². The molecule has 1 aliphatic heterocycles. The van der Waals surface area contributed by atoms with Crippen molar-refractivity contribution in [2.45, 2.75) is 6.54 Å². The summed E-state index contributed by atoms with van der Waals surface area (Å²) in [6.45, 7) is 0.308. The molecule has 4 rings (SSSR count). The Bertz CT molecular complexity index is 1110. The normalized spacial score (nSPS) is 14.0. The minimum absolute atomic E-state index is 0.194. The highest BCUT2D eigenvalue weighted by Crippen LogP contribution is 2.32. The van der Waals surface area contributed by atoms with Gasteiger partial charge < -0.3 is 15.4 Å². The number of rotatable bonds is 4. The first-order valence-corrected chi connectivity index (χ1v) is 9.39. The van der Waals surface area contributed by atoms with Crippen molar-refractivity contribution in [3.05, 3.63) is 100 Å². The monoisotopic (exact) mass is 404 g/mol. The van der Waals surface area contributed by atoms with Gasteiger partial charge in [0.1, 0.15) is 0 Å². The molecule has 0 aromatic heterocycles. The molecule has 2 amide bonds. The number of ether oxygens (including phenoxy) is 1. The van der Waals surface area contributed by atoms with Crippen molar-refractivity contribution in [3.8, 4) is 5.75 Å². The molecule has 1 heterocycles. The van der Waals surface area contributed by atoms with E-state index < -0.39 is 0 Å². The summed E-state index contributed by atoms with van der Waals surface area (Å²) >= 11 is 6.12. The smallest absolute Gasteiger partial charge is 0.291 e. The highest BCUT2D eigenvalue weighted by molar-refractivity contribution is 6.31. The summed E-state index contributed by atoms with van der Waals surface area (Å²) in [5.74, 6) is 0.0385. The van der Waals surface area contributed by atoms with E-state index in [2.05, 4.69) is 10.6 Å². The highest BCUT2D eigenvalue weighted by atomic mass is 35.5. The Balaban J connectivity index is 1.49. The molecule has 0 spiro atoms. The highest BCUT2D eigenvalue weighted by Gasteiger charge is 2.23. The van der Waals surface area contributed by atoms with Gasteiger partial charge in [0, 0.05) is 17.1 Å². The third kappa shape index (κ3) is 4.31. The Morgan fingerprint density at radius 2 is 1.79 bits per heavy atom. The predicted octanol–water partition coefficient (Wildman–Crippen LogP) is 4.64. The van der Waals surface area contributed by atoms with Gasteiger partial charge in [0.05, 0.1) is 5.69 Å². The zero-order chi connectivity index (χ0) is 20.2. The maximum Gasteiger partial charge on any atom is 0.291 e. The lowest BCUT2D eigenvalue weighted by Crippen LogP contribution is -2.26. The molecule has 0 fully saturated rings. The SMILES string of the molecule is O=C1Nc2cc(C(=O)NCc3ccccc3Cl)ccc2OC1=Cc1ccccc1. The number of amides is 2. The van der Waals surface area contributed by atoms with Gasteiger partial charge in [-0.15, -0.1) is 0 Å². The first kappa shape index (κ1) is 18.8. The van der Waals surface area contributed by atoms with Crippen LogP contribution in [0.15, 0.2) is 78.6 Å². The van der Waals surface area contributed by atoms with E-state index in [-0.39, 0.29) is 17.6 Å². The molecule has 144 valence electrons. The van der Waals surface area contributed by atoms with Crippen LogP contribution in [0.3, 0.4) is 0 Å². The maximum absolute atomic E-state index is 12.5. The molecular weight excluding hydrogens is 388 g/mol. The Morgan fingerprint density at radius 1 is 1.03 bits per heavy atom. The second-order valence-electron chi connectivity index (χ2n) is 6.46. The van der Waals surface area contributed by atoms with E-state index in [1.54, 1.807) is 30.3 Å². The second kappa shape index (κ2) is 8.20. The largest absolute Gasteiger partial charge is 0.449 e. The lowest BCUT2D eigenvalue weighted by molar-refractivity contribution is -0.115. The van der Waals surface area contributed by atoms with Crippen LogP contribution >= 0.6 is 11.6 Å². The summed E-state index contributed by atoms with van der Waals surface area (Å²) in [5, 5.41) is 6.20. The minimum atomic E-state index is -0.366. The first-order valence-electron chi connectivity index (χ1n) is 9.02. The quantitative estimate of drug-likeness (QED) is 0.622. The van der Waals surface area contributed by atoms with E-state index in [1.165, 1.54) is 0 Å². The average molecular weight is 405 g/mol. The molecule has 1 aliphatic rings. The standard InChI is InChI=1S/C23H17ClN2O3/c24-18-9-5-4-8-17(18)14-25-22(27)16-10-11-20-19(13-16)26-23(28)21(29-20)12-15-6-2-1-3-7-15/h1-13H,14H2,(H,25,27)(H,26,28). The number of benzene rings is 3. The fourth-order valence-corrected chi connectivity index (χ4v) is 3.12. The molecule has 0 radical (unpaired) electrons. The van der Waals surface area contributed by atoms with E-state index in [1.807, 2.05) is 48.5 Å². The summed E-state index contributed by atoms with van der Waals surface area (Å²) in [4.78, 5) is 24.9. The van der Waals surface area contributed by atoms with Crippen LogP contribution in [0, 0.1) is 0 Å². The van der Waals surface area contributed by atoms with Crippen LogP contribution in [0.2, 0.25) is 5.02 Å². The lowest BCUT2D eigenvalue weighted by Gasteiger charge is -2.20. The van der Waals surface area contributed by atoms with Gasteiger partial charge in [-0.2, -0.15) is 0 Å². The number of carbonyl (C=O) groups excluding carboxylic acids is 2. The van der Waals surface area contributed by atoms with Crippen molar-refractivity contribution in [2.24, 2.45) is 0 Å². The predicted molar refractivity (Wildman–Crippen MR) is 113 cm³/mol. The van der Waals surface area contributed by atoms with Crippen molar-refractivity contribution in [2.75, 3.05) is 5.32 Å². The van der Waals surface area contributed by atoms with Crippen LogP contribution in [0.4, 0.5) is 5.69 Å². The van der Waals surface area contributed by atoms with Crippen molar-refractivity contribution >= 4 is 35.2 Å². The van der Waals surface area contributed by atoms with Crippen LogP contribution in [0.5, 0.6) is 5.75 Å². The molecule has 0 bridgehead atoms. The number of halogens is 1. The first-order chi connectivity index (χ1) is 14.1. The zero-order valence-corrected chi connectivity index (χ0v) is 16.1. The maximum atomic E-state index is 12.5. The Hall–Kier alpha value is -3.57. The summed E-state index contributed by atoms with van der Waals surface area (Å²) in [6, 6.07) is 21.7. The topological polar surface area (TPSA) is 67.4 Å². The number of anilines is 1. The van der Waals surface area contributed by atoms with E-state index in [0.717, 1.165) is 11.1 Å². The molecule has 6 heteroatoms. The molecular formula is C23H17ClN2O3. The van der Waals surface area contributed by atoms with Gasteiger partial charge in [-0.1, -0.05) is 60.1 Å². The number of hydrogen-bond donors (Lipinski definition) is 2. The lowest BCUT2D eigenvalue weighted by atomic mass is 10.1. The van der Waals surface area contributed by atoms with Crippen LogP contribution in [0.25, 0.3) is 6.08 Å². The van der Waals surface area contributed by atoms with Crippen molar-refractivity contribution in [1.29, 1.82) is 0 Å². The molecule has 3 aromatic rings. The van der Waals surface area contributed by atoms with Crippen LogP contribution in [0.1, 0.15) is 21.5 Å². The van der Waals surface area contributed by atoms with E-state index in [4.69, 9.17) is 16.3 Å². The van der Waals surface area contributed by atoms with Gasteiger partial charge >= 0.3 is 0 Å². The second-order valence-corrected chi connectivity index (χ2v) is 6.87. The van der Waals surface area contributed by atoms with Gasteiger partial charge in [0.15, 0.2) is 11.5 Å². The molecule has 2 N–H and O–H groups in total. The number of carbonyl (C=O) groups is 2. The zero-order valence-electron chi connectivity index (χ0n) is 15.3. The number of nitrogens with one attached hydrogen (secondary N) is 2. The summed E-state index contributed by atoms with van der Waals surface area (Å²) in [5.41, 5.74) is 2.55. The summed E-state index contributed by atoms with van der Waals surface area (Å²) in [6.07, 6.45) is 1.67. The van der Waals surface area contributed by atoms with Crippen molar-refractivity contribution < 1.29 is 14.3 Å². The van der Waals surface area contributed by atoms with Crippen LogP contribution in [-0.4, -0.2) is 11.8 Å².